The van der Waals surface area contributed by atoms with Crippen LogP contribution in [0.1, 0.15) is 23.3 Å². The molecule has 0 aliphatic carbocycles. The molecule has 1 aromatic rings. The number of pyridine rings is 1. The standard InChI is InChI=1S/C11H14ClN3O2/c12-8-1-2-9(13)15-10(8)11(16)14-7-3-5-17-6-4-7/h1-2,7H,3-6H2,(H2,13,15)(H,14,16). The molecule has 1 aliphatic rings. The molecule has 5 nitrogen and oxygen atoms in total. The number of halogens is 1. The lowest BCUT2D eigenvalue weighted by molar-refractivity contribution is 0.0694. The number of nitrogen functional groups attached to an aromatic ring is 1. The van der Waals surface area contributed by atoms with Crippen LogP contribution in [-0.2, 0) is 4.74 Å². The predicted molar refractivity (Wildman–Crippen MR) is 65.0 cm³/mol. The Morgan fingerprint density at radius 1 is 1.47 bits per heavy atom. The van der Waals surface area contributed by atoms with Crippen LogP contribution in [0.5, 0.6) is 0 Å². The number of carbonyl (C=O) groups excluding carboxylic acids is 1. The number of aromatic nitrogens is 1. The van der Waals surface area contributed by atoms with Gasteiger partial charge in [-0.3, -0.25) is 4.79 Å². The average molecular weight is 256 g/mol. The Morgan fingerprint density at radius 2 is 2.18 bits per heavy atom. The Hall–Kier alpha value is -1.33. The van der Waals surface area contributed by atoms with E-state index in [9.17, 15) is 4.79 Å². The molecule has 0 spiro atoms. The number of rotatable bonds is 2. The summed E-state index contributed by atoms with van der Waals surface area (Å²) in [5.74, 6) is 0.000674. The molecule has 1 amide bonds. The van der Waals surface area contributed by atoms with Crippen LogP contribution in [-0.4, -0.2) is 30.1 Å². The highest BCUT2D eigenvalue weighted by Crippen LogP contribution is 2.16. The monoisotopic (exact) mass is 255 g/mol. The van der Waals surface area contributed by atoms with Crippen molar-refractivity contribution < 1.29 is 9.53 Å². The van der Waals surface area contributed by atoms with Crippen molar-refractivity contribution in [1.82, 2.24) is 10.3 Å². The molecule has 1 saturated heterocycles. The predicted octanol–water partition coefficient (Wildman–Crippen LogP) is 1.23. The number of hydrogen-bond acceptors (Lipinski definition) is 4. The van der Waals surface area contributed by atoms with Gasteiger partial charge < -0.3 is 15.8 Å². The highest BCUT2D eigenvalue weighted by Gasteiger charge is 2.19. The topological polar surface area (TPSA) is 77.2 Å². The second-order valence-electron chi connectivity index (χ2n) is 3.93. The largest absolute Gasteiger partial charge is 0.384 e. The number of nitrogens with zero attached hydrogens (tertiary/aromatic N) is 1. The van der Waals surface area contributed by atoms with Crippen molar-refractivity contribution in [2.24, 2.45) is 0 Å². The zero-order valence-electron chi connectivity index (χ0n) is 9.28. The van der Waals surface area contributed by atoms with Crippen molar-refractivity contribution in [3.05, 3.63) is 22.8 Å². The van der Waals surface area contributed by atoms with E-state index in [1.807, 2.05) is 0 Å². The minimum absolute atomic E-state index is 0.121. The van der Waals surface area contributed by atoms with Crippen LogP contribution in [0.2, 0.25) is 5.02 Å². The van der Waals surface area contributed by atoms with Gasteiger partial charge in [0.15, 0.2) is 0 Å². The first-order valence-electron chi connectivity index (χ1n) is 5.47. The Bertz CT molecular complexity index is 419. The van der Waals surface area contributed by atoms with Gasteiger partial charge in [-0.25, -0.2) is 4.98 Å². The Balaban J connectivity index is 2.05. The molecule has 0 atom stereocenters. The number of anilines is 1. The van der Waals surface area contributed by atoms with Gasteiger partial charge in [-0.05, 0) is 25.0 Å². The van der Waals surface area contributed by atoms with Gasteiger partial charge in [0.1, 0.15) is 11.5 Å². The van der Waals surface area contributed by atoms with E-state index in [-0.39, 0.29) is 23.5 Å². The van der Waals surface area contributed by atoms with Gasteiger partial charge in [0.2, 0.25) is 0 Å². The van der Waals surface area contributed by atoms with Crippen molar-refractivity contribution in [2.75, 3.05) is 18.9 Å². The molecule has 2 heterocycles. The third kappa shape index (κ3) is 3.08. The maximum atomic E-state index is 11.9. The fraction of sp³-hybridized carbons (Fsp3) is 0.455. The van der Waals surface area contributed by atoms with Crippen LogP contribution in [0.25, 0.3) is 0 Å². The first-order valence-corrected chi connectivity index (χ1v) is 5.85. The molecule has 17 heavy (non-hydrogen) atoms. The SMILES string of the molecule is Nc1ccc(Cl)c(C(=O)NC2CCOCC2)n1. The Morgan fingerprint density at radius 3 is 2.88 bits per heavy atom. The molecule has 0 saturated carbocycles. The van der Waals surface area contributed by atoms with E-state index in [1.54, 1.807) is 12.1 Å². The first-order chi connectivity index (χ1) is 8.16. The quantitative estimate of drug-likeness (QED) is 0.833. The maximum absolute atomic E-state index is 11.9. The number of carbonyl (C=O) groups is 1. The van der Waals surface area contributed by atoms with E-state index in [1.165, 1.54) is 0 Å². The summed E-state index contributed by atoms with van der Waals surface area (Å²) in [4.78, 5) is 15.9. The van der Waals surface area contributed by atoms with Gasteiger partial charge in [-0.15, -0.1) is 0 Å². The summed E-state index contributed by atoms with van der Waals surface area (Å²) in [6, 6.07) is 3.26. The summed E-state index contributed by atoms with van der Waals surface area (Å²) in [5.41, 5.74) is 5.71. The van der Waals surface area contributed by atoms with Gasteiger partial charge in [0.25, 0.3) is 5.91 Å². The van der Waals surface area contributed by atoms with Crippen molar-refractivity contribution >= 4 is 23.3 Å². The summed E-state index contributed by atoms with van der Waals surface area (Å²) in [7, 11) is 0. The first kappa shape index (κ1) is 12.1. The van der Waals surface area contributed by atoms with Crippen molar-refractivity contribution in [3.8, 4) is 0 Å². The molecule has 3 N–H and O–H groups in total. The van der Waals surface area contributed by atoms with Crippen LogP contribution in [0.4, 0.5) is 5.82 Å². The zero-order valence-corrected chi connectivity index (χ0v) is 10.0. The lowest BCUT2D eigenvalue weighted by atomic mass is 10.1. The smallest absolute Gasteiger partial charge is 0.271 e. The molecule has 1 fully saturated rings. The molecule has 0 unspecified atom stereocenters. The average Bonchev–Trinajstić information content (AvgIpc) is 2.33. The van der Waals surface area contributed by atoms with E-state index >= 15 is 0 Å². The van der Waals surface area contributed by atoms with Crippen molar-refractivity contribution in [1.29, 1.82) is 0 Å². The van der Waals surface area contributed by atoms with Crippen molar-refractivity contribution in [2.45, 2.75) is 18.9 Å². The van der Waals surface area contributed by atoms with Gasteiger partial charge in [0.05, 0.1) is 5.02 Å². The van der Waals surface area contributed by atoms with Crippen LogP contribution in [0, 0.1) is 0 Å². The fourth-order valence-corrected chi connectivity index (χ4v) is 1.90. The minimum Gasteiger partial charge on any atom is -0.384 e. The summed E-state index contributed by atoms with van der Waals surface area (Å²) < 4.78 is 5.22. The normalized spacial score (nSPS) is 16.8. The molecule has 2 rings (SSSR count). The van der Waals surface area contributed by atoms with Crippen LogP contribution >= 0.6 is 11.6 Å². The number of hydrogen-bond donors (Lipinski definition) is 2. The number of nitrogens with one attached hydrogen (secondary N) is 1. The van der Waals surface area contributed by atoms with E-state index < -0.39 is 0 Å². The lowest BCUT2D eigenvalue weighted by Gasteiger charge is -2.23. The Labute approximate surface area is 104 Å². The third-order valence-electron chi connectivity index (χ3n) is 2.64. The van der Waals surface area contributed by atoms with Gasteiger partial charge >= 0.3 is 0 Å². The fourth-order valence-electron chi connectivity index (χ4n) is 1.71. The molecule has 0 radical (unpaired) electrons. The van der Waals surface area contributed by atoms with Gasteiger partial charge in [-0.2, -0.15) is 0 Å². The second-order valence-corrected chi connectivity index (χ2v) is 4.33. The molecular formula is C11H14ClN3O2. The number of amides is 1. The van der Waals surface area contributed by atoms with Crippen LogP contribution in [0.15, 0.2) is 12.1 Å². The van der Waals surface area contributed by atoms with Gasteiger partial charge in [0, 0.05) is 19.3 Å². The molecule has 0 bridgehead atoms. The zero-order chi connectivity index (χ0) is 12.3. The molecular weight excluding hydrogens is 242 g/mol. The van der Waals surface area contributed by atoms with Crippen molar-refractivity contribution in [3.63, 3.8) is 0 Å². The summed E-state index contributed by atoms with van der Waals surface area (Å²) in [6.07, 6.45) is 1.62. The molecule has 92 valence electrons. The summed E-state index contributed by atoms with van der Waals surface area (Å²) in [5, 5.41) is 3.19. The highest BCUT2D eigenvalue weighted by molar-refractivity contribution is 6.33. The molecule has 0 aromatic carbocycles. The van der Waals surface area contributed by atoms with Gasteiger partial charge in [-0.1, -0.05) is 11.6 Å². The molecule has 1 aromatic heterocycles. The van der Waals surface area contributed by atoms with E-state index in [0.29, 0.717) is 18.2 Å². The maximum Gasteiger partial charge on any atom is 0.271 e. The number of ether oxygens (including phenoxy) is 1. The molecule has 6 heteroatoms. The minimum atomic E-state index is -0.283. The Kier molecular flexibility index (Phi) is 3.81. The summed E-state index contributed by atoms with van der Waals surface area (Å²) in [6.45, 7) is 1.34. The second kappa shape index (κ2) is 5.33. The highest BCUT2D eigenvalue weighted by atomic mass is 35.5. The number of nitrogens with two attached hydrogens (primary N) is 1. The molecule has 1 aliphatic heterocycles. The third-order valence-corrected chi connectivity index (χ3v) is 2.94. The van der Waals surface area contributed by atoms with E-state index in [0.717, 1.165) is 12.8 Å². The van der Waals surface area contributed by atoms with E-state index in [2.05, 4.69) is 10.3 Å². The lowest BCUT2D eigenvalue weighted by Crippen LogP contribution is -2.39. The van der Waals surface area contributed by atoms with Crippen LogP contribution < -0.4 is 11.1 Å². The summed E-state index contributed by atoms with van der Waals surface area (Å²) >= 11 is 5.91. The van der Waals surface area contributed by atoms with E-state index in [4.69, 9.17) is 22.1 Å². The van der Waals surface area contributed by atoms with Crippen LogP contribution in [0.3, 0.4) is 0 Å².